The average molecular weight is 231 g/mol. The van der Waals surface area contributed by atoms with Crippen molar-refractivity contribution in [1.82, 2.24) is 0 Å². The van der Waals surface area contributed by atoms with Crippen LogP contribution in [0.1, 0.15) is 5.56 Å². The van der Waals surface area contributed by atoms with Crippen molar-refractivity contribution in [1.29, 1.82) is 0 Å². The van der Waals surface area contributed by atoms with E-state index in [-0.39, 0.29) is 0 Å². The first-order valence-corrected chi connectivity index (χ1v) is 5.82. The summed E-state index contributed by atoms with van der Waals surface area (Å²) in [6.45, 7) is 0. The quantitative estimate of drug-likeness (QED) is 0.806. The number of fused-ring (bicyclic) bond motifs is 3. The number of carboxylic acids is 1. The molecule has 0 saturated carbocycles. The van der Waals surface area contributed by atoms with E-state index >= 15 is 0 Å². The summed E-state index contributed by atoms with van der Waals surface area (Å²) in [7, 11) is 0. The number of para-hydroxylation sites is 1. The fourth-order valence-corrected chi connectivity index (χ4v) is 2.90. The minimum Gasteiger partial charge on any atom is -0.478 e. The number of rotatable bonds is 1. The maximum atomic E-state index is 11.2. The second kappa shape index (κ2) is 3.42. The van der Waals surface area contributed by atoms with Gasteiger partial charge in [0, 0.05) is 18.3 Å². The Morgan fingerprint density at radius 2 is 2.19 bits per heavy atom. The summed E-state index contributed by atoms with van der Waals surface area (Å²) in [4.78, 5) is 13.1. The molecule has 2 heterocycles. The number of benzene rings is 1. The highest BCUT2D eigenvalue weighted by Crippen LogP contribution is 2.42. The molecule has 80 valence electrons. The van der Waals surface area contributed by atoms with Crippen molar-refractivity contribution in [3.05, 3.63) is 52.0 Å². The minimum atomic E-state index is -0.828. The molecule has 0 aliphatic carbocycles. The van der Waals surface area contributed by atoms with Gasteiger partial charge in [-0.1, -0.05) is 30.0 Å². The van der Waals surface area contributed by atoms with E-state index in [1.54, 1.807) is 0 Å². The normalized spacial score (nSPS) is 17.4. The molecule has 0 amide bonds. The van der Waals surface area contributed by atoms with Crippen LogP contribution in [0.2, 0.25) is 0 Å². The van der Waals surface area contributed by atoms with Gasteiger partial charge in [-0.15, -0.1) is 0 Å². The first kappa shape index (κ1) is 9.54. The monoisotopic (exact) mass is 231 g/mol. The summed E-state index contributed by atoms with van der Waals surface area (Å²) in [6.07, 6.45) is 2.42. The topological polar surface area (TPSA) is 40.5 Å². The third kappa shape index (κ3) is 1.27. The van der Waals surface area contributed by atoms with Gasteiger partial charge in [-0.3, -0.25) is 0 Å². The van der Waals surface area contributed by atoms with Gasteiger partial charge in [0.05, 0.1) is 10.6 Å². The second-order valence-corrected chi connectivity index (χ2v) is 4.56. The molecule has 0 saturated heterocycles. The fourth-order valence-electron chi connectivity index (χ4n) is 2.01. The molecule has 2 aliphatic rings. The number of hydrogen-bond donors (Lipinski definition) is 1. The van der Waals surface area contributed by atoms with Crippen LogP contribution in [0.15, 0.2) is 46.5 Å². The van der Waals surface area contributed by atoms with Gasteiger partial charge in [-0.25, -0.2) is 4.79 Å². The van der Waals surface area contributed by atoms with E-state index < -0.39 is 5.97 Å². The van der Waals surface area contributed by atoms with Crippen LogP contribution in [0.4, 0.5) is 5.69 Å². The van der Waals surface area contributed by atoms with Crippen molar-refractivity contribution in [3.63, 3.8) is 0 Å². The zero-order chi connectivity index (χ0) is 11.1. The predicted molar refractivity (Wildman–Crippen MR) is 64.0 cm³/mol. The average Bonchev–Trinajstić information content (AvgIpc) is 2.76. The summed E-state index contributed by atoms with van der Waals surface area (Å²) in [6, 6.07) is 7.91. The second-order valence-electron chi connectivity index (χ2n) is 3.67. The molecule has 0 radical (unpaired) electrons. The van der Waals surface area contributed by atoms with Crippen molar-refractivity contribution >= 4 is 23.4 Å². The molecule has 0 unspecified atom stereocenters. The number of carbonyl (C=O) groups is 1. The smallest absolute Gasteiger partial charge is 0.334 e. The lowest BCUT2D eigenvalue weighted by molar-refractivity contribution is -0.132. The van der Waals surface area contributed by atoms with Crippen molar-refractivity contribution in [2.45, 2.75) is 6.42 Å². The number of nitrogens with zero attached hydrogens (tertiary/aromatic N) is 1. The van der Waals surface area contributed by atoms with Gasteiger partial charge in [0.15, 0.2) is 0 Å². The molecule has 0 atom stereocenters. The van der Waals surface area contributed by atoms with Crippen LogP contribution in [0.25, 0.3) is 0 Å². The highest BCUT2D eigenvalue weighted by atomic mass is 32.2. The Labute approximate surface area is 97.1 Å². The Bertz CT molecular complexity index is 534. The Morgan fingerprint density at radius 1 is 1.38 bits per heavy atom. The van der Waals surface area contributed by atoms with Crippen LogP contribution in [-0.2, 0) is 11.2 Å². The molecule has 2 aliphatic heterocycles. The van der Waals surface area contributed by atoms with Crippen molar-refractivity contribution in [2.75, 3.05) is 4.90 Å². The van der Waals surface area contributed by atoms with Gasteiger partial charge in [0.1, 0.15) is 0 Å². The van der Waals surface area contributed by atoms with E-state index in [2.05, 4.69) is 0 Å². The largest absolute Gasteiger partial charge is 0.478 e. The number of carboxylic acid groups (broad SMARTS) is 1. The lowest BCUT2D eigenvalue weighted by Crippen LogP contribution is -2.22. The molecule has 0 fully saturated rings. The summed E-state index contributed by atoms with van der Waals surface area (Å²) in [5.74, 6) is -0.828. The molecule has 1 aromatic rings. The van der Waals surface area contributed by atoms with Crippen LogP contribution >= 0.6 is 11.8 Å². The van der Waals surface area contributed by atoms with Crippen molar-refractivity contribution in [3.8, 4) is 0 Å². The predicted octanol–water partition coefficient (Wildman–Crippen LogP) is 2.56. The lowest BCUT2D eigenvalue weighted by Gasteiger charge is -2.27. The van der Waals surface area contributed by atoms with Crippen LogP contribution < -0.4 is 4.90 Å². The molecular formula is C12H9NO2S. The third-order valence-electron chi connectivity index (χ3n) is 2.74. The van der Waals surface area contributed by atoms with Gasteiger partial charge in [-0.2, -0.15) is 0 Å². The van der Waals surface area contributed by atoms with Gasteiger partial charge in [0.25, 0.3) is 0 Å². The first-order chi connectivity index (χ1) is 7.77. The highest BCUT2D eigenvalue weighted by molar-refractivity contribution is 8.06. The molecular weight excluding hydrogens is 222 g/mol. The van der Waals surface area contributed by atoms with Crippen LogP contribution in [-0.4, -0.2) is 11.1 Å². The van der Waals surface area contributed by atoms with Gasteiger partial charge < -0.3 is 10.0 Å². The maximum absolute atomic E-state index is 11.2. The number of anilines is 1. The maximum Gasteiger partial charge on any atom is 0.334 e. The van der Waals surface area contributed by atoms with Crippen LogP contribution in [0.3, 0.4) is 0 Å². The van der Waals surface area contributed by atoms with Crippen molar-refractivity contribution < 1.29 is 9.90 Å². The van der Waals surface area contributed by atoms with Gasteiger partial charge >= 0.3 is 5.97 Å². The summed E-state index contributed by atoms with van der Waals surface area (Å²) in [5.41, 5.74) is 2.63. The molecule has 1 aromatic carbocycles. The molecule has 0 aromatic heterocycles. The SMILES string of the molecule is O=C(O)C1=C2SC=CN2c2ccccc2C1. The Hall–Kier alpha value is -1.68. The third-order valence-corrected chi connectivity index (χ3v) is 3.67. The summed E-state index contributed by atoms with van der Waals surface area (Å²) in [5, 5.41) is 11.9. The Kier molecular flexibility index (Phi) is 2.04. The molecule has 4 heteroatoms. The first-order valence-electron chi connectivity index (χ1n) is 4.94. The van der Waals surface area contributed by atoms with E-state index in [0.29, 0.717) is 12.0 Å². The van der Waals surface area contributed by atoms with E-state index in [1.807, 2.05) is 40.8 Å². The van der Waals surface area contributed by atoms with E-state index in [4.69, 9.17) is 0 Å². The number of hydrogen-bond acceptors (Lipinski definition) is 3. The molecule has 3 nitrogen and oxygen atoms in total. The lowest BCUT2D eigenvalue weighted by atomic mass is 10.00. The number of aliphatic carboxylic acids is 1. The van der Waals surface area contributed by atoms with Gasteiger partial charge in [-0.05, 0) is 17.0 Å². The molecule has 0 bridgehead atoms. The van der Waals surface area contributed by atoms with Gasteiger partial charge in [0.2, 0.25) is 0 Å². The minimum absolute atomic E-state index is 0.480. The van der Waals surface area contributed by atoms with Crippen LogP contribution in [0.5, 0.6) is 0 Å². The van der Waals surface area contributed by atoms with E-state index in [9.17, 15) is 9.90 Å². The summed E-state index contributed by atoms with van der Waals surface area (Å²) >= 11 is 1.47. The molecule has 3 rings (SSSR count). The van der Waals surface area contributed by atoms with Crippen molar-refractivity contribution in [2.24, 2.45) is 0 Å². The van der Waals surface area contributed by atoms with E-state index in [0.717, 1.165) is 16.3 Å². The standard InChI is InChI=1S/C12H9NO2S/c14-12(15)9-7-8-3-1-2-4-10(8)13-5-6-16-11(9)13/h1-6H,7H2,(H,14,15). The fraction of sp³-hybridized carbons (Fsp3) is 0.0833. The molecule has 0 spiro atoms. The zero-order valence-electron chi connectivity index (χ0n) is 8.38. The Morgan fingerprint density at radius 3 is 3.00 bits per heavy atom. The molecule has 16 heavy (non-hydrogen) atoms. The van der Waals surface area contributed by atoms with Crippen LogP contribution in [0, 0.1) is 0 Å². The zero-order valence-corrected chi connectivity index (χ0v) is 9.20. The summed E-state index contributed by atoms with van der Waals surface area (Å²) < 4.78 is 0. The Balaban J connectivity index is 2.18. The molecule has 1 N–H and O–H groups in total. The van der Waals surface area contributed by atoms with E-state index in [1.165, 1.54) is 11.8 Å². The highest BCUT2D eigenvalue weighted by Gasteiger charge is 2.29. The number of thioether (sulfide) groups is 1.